The maximum absolute atomic E-state index is 10.8. The van der Waals surface area contributed by atoms with E-state index in [0.29, 0.717) is 19.3 Å². The molecule has 0 rings (SSSR count). The third kappa shape index (κ3) is 6.31. The van der Waals surface area contributed by atoms with Crippen molar-refractivity contribution < 1.29 is 19.7 Å². The number of rotatable bonds is 7. The SMILES string of the molecule is C=CC(=O)OC(CCO)CCCO. The minimum Gasteiger partial charge on any atom is -0.459 e. The molecule has 0 amide bonds. The van der Waals surface area contributed by atoms with E-state index in [2.05, 4.69) is 6.58 Å². The first-order chi connectivity index (χ1) is 6.24. The summed E-state index contributed by atoms with van der Waals surface area (Å²) in [5.74, 6) is -0.489. The van der Waals surface area contributed by atoms with Gasteiger partial charge in [0.15, 0.2) is 0 Å². The Morgan fingerprint density at radius 1 is 1.38 bits per heavy atom. The molecule has 4 heteroatoms. The molecule has 0 aliphatic heterocycles. The second kappa shape index (κ2) is 7.76. The van der Waals surface area contributed by atoms with Crippen LogP contribution in [0.4, 0.5) is 0 Å². The highest BCUT2D eigenvalue weighted by Gasteiger charge is 2.11. The van der Waals surface area contributed by atoms with Crippen molar-refractivity contribution in [1.29, 1.82) is 0 Å². The highest BCUT2D eigenvalue weighted by Crippen LogP contribution is 2.06. The number of aliphatic hydroxyl groups excluding tert-OH is 2. The average Bonchev–Trinajstić information content (AvgIpc) is 2.14. The maximum Gasteiger partial charge on any atom is 0.330 e. The van der Waals surface area contributed by atoms with E-state index >= 15 is 0 Å². The van der Waals surface area contributed by atoms with Gasteiger partial charge in [-0.1, -0.05) is 6.58 Å². The predicted molar refractivity (Wildman–Crippen MR) is 48.1 cm³/mol. The van der Waals surface area contributed by atoms with E-state index in [-0.39, 0.29) is 19.3 Å². The fraction of sp³-hybridized carbons (Fsp3) is 0.667. The van der Waals surface area contributed by atoms with Gasteiger partial charge in [-0.2, -0.15) is 0 Å². The summed E-state index contributed by atoms with van der Waals surface area (Å²) in [6.45, 7) is 3.30. The van der Waals surface area contributed by atoms with Gasteiger partial charge < -0.3 is 14.9 Å². The fourth-order valence-corrected chi connectivity index (χ4v) is 0.938. The molecule has 0 spiro atoms. The zero-order valence-corrected chi connectivity index (χ0v) is 7.61. The molecule has 0 radical (unpaired) electrons. The minimum absolute atomic E-state index is 0.0273. The molecule has 0 aromatic carbocycles. The fourth-order valence-electron chi connectivity index (χ4n) is 0.938. The van der Waals surface area contributed by atoms with E-state index in [0.717, 1.165) is 6.08 Å². The molecule has 1 unspecified atom stereocenters. The molecule has 0 bridgehead atoms. The van der Waals surface area contributed by atoms with Crippen LogP contribution in [0.1, 0.15) is 19.3 Å². The third-order valence-electron chi connectivity index (χ3n) is 1.58. The lowest BCUT2D eigenvalue weighted by molar-refractivity contribution is -0.144. The van der Waals surface area contributed by atoms with Gasteiger partial charge in [0.2, 0.25) is 0 Å². The summed E-state index contributed by atoms with van der Waals surface area (Å²) in [4.78, 5) is 10.8. The van der Waals surface area contributed by atoms with Crippen LogP contribution < -0.4 is 0 Å². The zero-order chi connectivity index (χ0) is 10.1. The molecule has 0 aromatic rings. The Kier molecular flexibility index (Phi) is 7.24. The van der Waals surface area contributed by atoms with Crippen molar-refractivity contribution in [2.45, 2.75) is 25.4 Å². The summed E-state index contributed by atoms with van der Waals surface area (Å²) in [6.07, 6.45) is 2.30. The molecule has 1 atom stereocenters. The van der Waals surface area contributed by atoms with E-state index in [1.807, 2.05) is 0 Å². The topological polar surface area (TPSA) is 66.8 Å². The smallest absolute Gasteiger partial charge is 0.330 e. The molecule has 0 aliphatic rings. The number of carbonyl (C=O) groups excluding carboxylic acids is 1. The van der Waals surface area contributed by atoms with Gasteiger partial charge in [0.25, 0.3) is 0 Å². The highest BCUT2D eigenvalue weighted by molar-refractivity contribution is 5.81. The summed E-state index contributed by atoms with van der Waals surface area (Å²) in [5, 5.41) is 17.2. The molecule has 0 fully saturated rings. The molecule has 2 N–H and O–H groups in total. The Hall–Kier alpha value is -0.870. The van der Waals surface area contributed by atoms with Gasteiger partial charge in [0, 0.05) is 25.7 Å². The van der Waals surface area contributed by atoms with E-state index in [1.165, 1.54) is 0 Å². The molecule has 0 aliphatic carbocycles. The average molecular weight is 188 g/mol. The predicted octanol–water partition coefficient (Wildman–Crippen LogP) is 0.239. The molecule has 0 saturated carbocycles. The van der Waals surface area contributed by atoms with Gasteiger partial charge in [-0.05, 0) is 12.8 Å². The number of aliphatic hydroxyl groups is 2. The second-order valence-corrected chi connectivity index (χ2v) is 2.64. The molecule has 13 heavy (non-hydrogen) atoms. The second-order valence-electron chi connectivity index (χ2n) is 2.64. The zero-order valence-electron chi connectivity index (χ0n) is 7.61. The molecular weight excluding hydrogens is 172 g/mol. The van der Waals surface area contributed by atoms with Gasteiger partial charge in [-0.15, -0.1) is 0 Å². The molecular formula is C9H16O4. The Balaban J connectivity index is 3.78. The lowest BCUT2D eigenvalue weighted by atomic mass is 10.1. The lowest BCUT2D eigenvalue weighted by Gasteiger charge is -2.14. The van der Waals surface area contributed by atoms with Gasteiger partial charge in [0.05, 0.1) is 0 Å². The van der Waals surface area contributed by atoms with Crippen molar-refractivity contribution in [3.8, 4) is 0 Å². The van der Waals surface area contributed by atoms with Crippen LogP contribution in [0.2, 0.25) is 0 Å². The molecule has 0 saturated heterocycles. The van der Waals surface area contributed by atoms with E-state index in [4.69, 9.17) is 14.9 Å². The molecule has 4 nitrogen and oxygen atoms in total. The first-order valence-electron chi connectivity index (χ1n) is 4.29. The molecule has 0 heterocycles. The standard InChI is InChI=1S/C9H16O4/c1-2-9(12)13-8(5-7-11)4-3-6-10/h2,8,10-11H,1,3-7H2. The summed E-state index contributed by atoms with van der Waals surface area (Å²) in [5.41, 5.74) is 0. The summed E-state index contributed by atoms with van der Waals surface area (Å²) in [7, 11) is 0. The van der Waals surface area contributed by atoms with E-state index in [1.54, 1.807) is 0 Å². The van der Waals surface area contributed by atoms with Gasteiger partial charge >= 0.3 is 5.97 Å². The van der Waals surface area contributed by atoms with Crippen molar-refractivity contribution >= 4 is 5.97 Å². The molecule has 76 valence electrons. The normalized spacial score (nSPS) is 12.2. The number of hydrogen-bond acceptors (Lipinski definition) is 4. The Bertz CT molecular complexity index is 156. The van der Waals surface area contributed by atoms with Crippen molar-refractivity contribution in [2.24, 2.45) is 0 Å². The largest absolute Gasteiger partial charge is 0.459 e. The monoisotopic (exact) mass is 188 g/mol. The quantitative estimate of drug-likeness (QED) is 0.443. The van der Waals surface area contributed by atoms with Crippen LogP contribution in [0.25, 0.3) is 0 Å². The Labute approximate surface area is 77.8 Å². The van der Waals surface area contributed by atoms with Crippen LogP contribution in [0, 0.1) is 0 Å². The molecule has 0 aromatic heterocycles. The van der Waals surface area contributed by atoms with Crippen LogP contribution in [0.15, 0.2) is 12.7 Å². The van der Waals surface area contributed by atoms with Crippen molar-refractivity contribution in [3.63, 3.8) is 0 Å². The maximum atomic E-state index is 10.8. The Morgan fingerprint density at radius 2 is 2.08 bits per heavy atom. The van der Waals surface area contributed by atoms with Crippen molar-refractivity contribution in [2.75, 3.05) is 13.2 Å². The number of carbonyl (C=O) groups is 1. The van der Waals surface area contributed by atoms with E-state index < -0.39 is 5.97 Å². The van der Waals surface area contributed by atoms with Crippen LogP contribution in [-0.4, -0.2) is 35.5 Å². The van der Waals surface area contributed by atoms with Gasteiger partial charge in [0.1, 0.15) is 6.10 Å². The Morgan fingerprint density at radius 3 is 2.54 bits per heavy atom. The minimum atomic E-state index is -0.489. The highest BCUT2D eigenvalue weighted by atomic mass is 16.5. The number of hydrogen-bond donors (Lipinski definition) is 2. The van der Waals surface area contributed by atoms with E-state index in [9.17, 15) is 4.79 Å². The third-order valence-corrected chi connectivity index (χ3v) is 1.58. The van der Waals surface area contributed by atoms with Crippen molar-refractivity contribution in [3.05, 3.63) is 12.7 Å². The van der Waals surface area contributed by atoms with Gasteiger partial charge in [-0.25, -0.2) is 4.79 Å². The van der Waals surface area contributed by atoms with Crippen LogP contribution in [0.5, 0.6) is 0 Å². The summed E-state index contributed by atoms with van der Waals surface area (Å²) >= 11 is 0. The van der Waals surface area contributed by atoms with Crippen LogP contribution in [0.3, 0.4) is 0 Å². The van der Waals surface area contributed by atoms with Crippen molar-refractivity contribution in [1.82, 2.24) is 0 Å². The van der Waals surface area contributed by atoms with Crippen LogP contribution in [-0.2, 0) is 9.53 Å². The summed E-state index contributed by atoms with van der Waals surface area (Å²) < 4.78 is 4.91. The van der Waals surface area contributed by atoms with Crippen LogP contribution >= 0.6 is 0 Å². The number of esters is 1. The number of ether oxygens (including phenoxy) is 1. The first kappa shape index (κ1) is 12.1. The van der Waals surface area contributed by atoms with Gasteiger partial charge in [-0.3, -0.25) is 0 Å². The lowest BCUT2D eigenvalue weighted by Crippen LogP contribution is -2.18. The first-order valence-corrected chi connectivity index (χ1v) is 4.29. The summed E-state index contributed by atoms with van der Waals surface area (Å²) in [6, 6.07) is 0.